The molecule has 0 aliphatic heterocycles. The van der Waals surface area contributed by atoms with Gasteiger partial charge < -0.3 is 10.1 Å². The molecule has 0 aliphatic rings. The summed E-state index contributed by atoms with van der Waals surface area (Å²) in [5, 5.41) is 4.02. The Labute approximate surface area is 103 Å². The van der Waals surface area contributed by atoms with E-state index in [-0.39, 0.29) is 5.60 Å². The van der Waals surface area contributed by atoms with Gasteiger partial charge in [-0.05, 0) is 38.5 Å². The minimum atomic E-state index is -0.0317. The second kappa shape index (κ2) is 6.12. The summed E-state index contributed by atoms with van der Waals surface area (Å²) in [6, 6.07) is 7.70. The number of anilines is 1. The maximum atomic E-state index is 5.88. The summed E-state index contributed by atoms with van der Waals surface area (Å²) in [4.78, 5) is 0. The number of rotatable bonds is 6. The molecule has 90 valence electrons. The quantitative estimate of drug-likeness (QED) is 0.762. The highest BCUT2D eigenvalue weighted by Crippen LogP contribution is 2.15. The van der Waals surface area contributed by atoms with Crippen molar-refractivity contribution in [3.63, 3.8) is 0 Å². The summed E-state index contributed by atoms with van der Waals surface area (Å²) in [5.41, 5.74) is 1.00. The van der Waals surface area contributed by atoms with Gasteiger partial charge in [0.05, 0.1) is 12.2 Å². The second-order valence-corrected chi connectivity index (χ2v) is 4.84. The fourth-order valence-corrected chi connectivity index (χ4v) is 1.41. The molecule has 1 rings (SSSR count). The van der Waals surface area contributed by atoms with Gasteiger partial charge in [0.2, 0.25) is 0 Å². The average molecular weight is 242 g/mol. The molecule has 1 aromatic rings. The van der Waals surface area contributed by atoms with Crippen LogP contribution in [0.25, 0.3) is 0 Å². The summed E-state index contributed by atoms with van der Waals surface area (Å²) in [6.07, 6.45) is 1.02. The Hall–Kier alpha value is -0.730. The largest absolute Gasteiger partial charge is 0.383 e. The maximum absolute atomic E-state index is 5.88. The highest BCUT2D eigenvalue weighted by molar-refractivity contribution is 6.30. The van der Waals surface area contributed by atoms with Crippen molar-refractivity contribution in [1.82, 2.24) is 0 Å². The van der Waals surface area contributed by atoms with Crippen molar-refractivity contribution >= 4 is 17.3 Å². The normalized spacial score (nSPS) is 11.5. The van der Waals surface area contributed by atoms with Crippen LogP contribution in [0.5, 0.6) is 0 Å². The Morgan fingerprint density at radius 2 is 2.12 bits per heavy atom. The fraction of sp³-hybridized carbons (Fsp3) is 0.538. The lowest BCUT2D eigenvalue weighted by molar-refractivity contribution is -0.0142. The molecule has 2 nitrogen and oxygen atoms in total. The van der Waals surface area contributed by atoms with E-state index >= 15 is 0 Å². The van der Waals surface area contributed by atoms with E-state index in [1.807, 2.05) is 24.3 Å². The minimum Gasteiger partial charge on any atom is -0.383 e. The van der Waals surface area contributed by atoms with Crippen LogP contribution in [0.3, 0.4) is 0 Å². The fourth-order valence-electron chi connectivity index (χ4n) is 1.22. The SMILES string of the molecule is CCC(C)(C)OCCNc1cccc(Cl)c1. The molecule has 16 heavy (non-hydrogen) atoms. The molecule has 0 saturated heterocycles. The van der Waals surface area contributed by atoms with E-state index < -0.39 is 0 Å². The van der Waals surface area contributed by atoms with Crippen LogP contribution in [0.2, 0.25) is 5.02 Å². The predicted octanol–water partition coefficient (Wildman–Crippen LogP) is 3.96. The number of hydrogen-bond donors (Lipinski definition) is 1. The van der Waals surface area contributed by atoms with Gasteiger partial charge in [0, 0.05) is 17.3 Å². The molecule has 0 saturated carbocycles. The van der Waals surface area contributed by atoms with E-state index in [2.05, 4.69) is 26.1 Å². The minimum absolute atomic E-state index is 0.0317. The Balaban J connectivity index is 2.26. The zero-order valence-electron chi connectivity index (χ0n) is 10.2. The zero-order chi connectivity index (χ0) is 12.0. The Bertz CT molecular complexity index is 325. The number of ether oxygens (including phenoxy) is 1. The summed E-state index contributed by atoms with van der Waals surface area (Å²) in [7, 11) is 0. The number of hydrogen-bond acceptors (Lipinski definition) is 2. The molecule has 0 aromatic heterocycles. The highest BCUT2D eigenvalue weighted by atomic mass is 35.5. The van der Waals surface area contributed by atoms with Gasteiger partial charge in [-0.1, -0.05) is 24.6 Å². The second-order valence-electron chi connectivity index (χ2n) is 4.40. The van der Waals surface area contributed by atoms with Crippen LogP contribution < -0.4 is 5.32 Å². The first kappa shape index (κ1) is 13.3. The van der Waals surface area contributed by atoms with Crippen LogP contribution in [0.15, 0.2) is 24.3 Å². The van der Waals surface area contributed by atoms with E-state index in [1.54, 1.807) is 0 Å². The van der Waals surface area contributed by atoms with Crippen molar-refractivity contribution in [2.24, 2.45) is 0 Å². The third-order valence-corrected chi connectivity index (χ3v) is 2.84. The smallest absolute Gasteiger partial charge is 0.0646 e. The molecule has 1 N–H and O–H groups in total. The van der Waals surface area contributed by atoms with Crippen LogP contribution in [0.4, 0.5) is 5.69 Å². The molecule has 0 radical (unpaired) electrons. The van der Waals surface area contributed by atoms with E-state index in [0.29, 0.717) is 6.61 Å². The molecule has 0 unspecified atom stereocenters. The van der Waals surface area contributed by atoms with Crippen molar-refractivity contribution in [1.29, 1.82) is 0 Å². The first-order valence-electron chi connectivity index (χ1n) is 5.67. The number of nitrogens with one attached hydrogen (secondary N) is 1. The Kier molecular flexibility index (Phi) is 5.10. The molecular formula is C13H20ClNO. The standard InChI is InChI=1S/C13H20ClNO/c1-4-13(2,3)16-9-8-15-12-7-5-6-11(14)10-12/h5-7,10,15H,4,8-9H2,1-3H3. The van der Waals surface area contributed by atoms with Crippen molar-refractivity contribution in [3.05, 3.63) is 29.3 Å². The zero-order valence-corrected chi connectivity index (χ0v) is 11.0. The Morgan fingerprint density at radius 3 is 2.75 bits per heavy atom. The first-order valence-corrected chi connectivity index (χ1v) is 6.05. The van der Waals surface area contributed by atoms with Gasteiger partial charge in [0.1, 0.15) is 0 Å². The highest BCUT2D eigenvalue weighted by Gasteiger charge is 2.14. The van der Waals surface area contributed by atoms with Crippen LogP contribution in [-0.4, -0.2) is 18.8 Å². The predicted molar refractivity (Wildman–Crippen MR) is 70.3 cm³/mol. The van der Waals surface area contributed by atoms with Gasteiger partial charge in [-0.15, -0.1) is 0 Å². The van der Waals surface area contributed by atoms with Crippen LogP contribution in [0.1, 0.15) is 27.2 Å². The van der Waals surface area contributed by atoms with Crippen molar-refractivity contribution in [2.75, 3.05) is 18.5 Å². The molecule has 0 bridgehead atoms. The monoisotopic (exact) mass is 241 g/mol. The van der Waals surface area contributed by atoms with Crippen molar-refractivity contribution < 1.29 is 4.74 Å². The summed E-state index contributed by atoms with van der Waals surface area (Å²) < 4.78 is 5.74. The maximum Gasteiger partial charge on any atom is 0.0646 e. The average Bonchev–Trinajstić information content (AvgIpc) is 2.25. The molecule has 0 atom stereocenters. The van der Waals surface area contributed by atoms with Crippen LogP contribution in [0, 0.1) is 0 Å². The lowest BCUT2D eigenvalue weighted by Gasteiger charge is -2.23. The van der Waals surface area contributed by atoms with E-state index in [4.69, 9.17) is 16.3 Å². The molecule has 0 fully saturated rings. The van der Waals surface area contributed by atoms with Gasteiger partial charge in [-0.3, -0.25) is 0 Å². The molecule has 0 amide bonds. The third kappa shape index (κ3) is 4.86. The lowest BCUT2D eigenvalue weighted by atomic mass is 10.1. The van der Waals surface area contributed by atoms with Gasteiger partial charge in [-0.2, -0.15) is 0 Å². The number of halogens is 1. The van der Waals surface area contributed by atoms with E-state index in [0.717, 1.165) is 23.7 Å². The third-order valence-electron chi connectivity index (χ3n) is 2.60. The lowest BCUT2D eigenvalue weighted by Crippen LogP contribution is -2.26. The topological polar surface area (TPSA) is 21.3 Å². The Morgan fingerprint density at radius 1 is 1.38 bits per heavy atom. The molecule has 0 aliphatic carbocycles. The first-order chi connectivity index (χ1) is 7.53. The van der Waals surface area contributed by atoms with Crippen LogP contribution >= 0.6 is 11.6 Å². The van der Waals surface area contributed by atoms with Crippen molar-refractivity contribution in [2.45, 2.75) is 32.8 Å². The molecular weight excluding hydrogens is 222 g/mol. The molecule has 3 heteroatoms. The molecule has 1 aromatic carbocycles. The van der Waals surface area contributed by atoms with Gasteiger partial charge in [-0.25, -0.2) is 0 Å². The summed E-state index contributed by atoms with van der Waals surface area (Å²) in [5.74, 6) is 0. The van der Waals surface area contributed by atoms with Gasteiger partial charge in [0.25, 0.3) is 0 Å². The van der Waals surface area contributed by atoms with E-state index in [1.165, 1.54) is 0 Å². The van der Waals surface area contributed by atoms with E-state index in [9.17, 15) is 0 Å². The van der Waals surface area contributed by atoms with Crippen molar-refractivity contribution in [3.8, 4) is 0 Å². The summed E-state index contributed by atoms with van der Waals surface area (Å²) in [6.45, 7) is 7.83. The molecule has 0 spiro atoms. The summed E-state index contributed by atoms with van der Waals surface area (Å²) >= 11 is 5.88. The van der Waals surface area contributed by atoms with Crippen LogP contribution in [-0.2, 0) is 4.74 Å². The van der Waals surface area contributed by atoms with Gasteiger partial charge >= 0.3 is 0 Å². The number of benzene rings is 1. The van der Waals surface area contributed by atoms with Gasteiger partial charge in [0.15, 0.2) is 0 Å². The molecule has 0 heterocycles.